The predicted molar refractivity (Wildman–Crippen MR) is 121 cm³/mol. The van der Waals surface area contributed by atoms with Crippen LogP contribution in [0.5, 0.6) is 0 Å². The average Bonchev–Trinajstić information content (AvgIpc) is 2.69. The smallest absolute Gasteiger partial charge is 0.264 e. The van der Waals surface area contributed by atoms with Gasteiger partial charge in [-0.25, -0.2) is 0 Å². The highest BCUT2D eigenvalue weighted by Gasteiger charge is 2.40. The Morgan fingerprint density at radius 1 is 1.16 bits per heavy atom. The largest absolute Gasteiger partial charge is 0.366 e. The Morgan fingerprint density at radius 3 is 2.61 bits per heavy atom. The number of rotatable bonds is 7. The number of hydrogen-bond acceptors (Lipinski definition) is 5. The van der Waals surface area contributed by atoms with Gasteiger partial charge in [-0.3, -0.25) is 8.98 Å². The summed E-state index contributed by atoms with van der Waals surface area (Å²) in [7, 11) is -3.62. The Hall–Kier alpha value is -1.35. The number of benzene rings is 2. The molecule has 1 aliphatic heterocycles. The first kappa shape index (κ1) is 24.3. The van der Waals surface area contributed by atoms with Crippen LogP contribution in [0.15, 0.2) is 42.5 Å². The van der Waals surface area contributed by atoms with Crippen LogP contribution >= 0.6 is 34.8 Å². The van der Waals surface area contributed by atoms with Crippen molar-refractivity contribution in [3.8, 4) is 0 Å². The monoisotopic (exact) mass is 505 g/mol. The molecule has 2 aromatic rings. The van der Waals surface area contributed by atoms with Crippen LogP contribution in [-0.2, 0) is 35.9 Å². The second kappa shape index (κ2) is 10.1. The number of morpholine rings is 1. The average molecular weight is 507 g/mol. The van der Waals surface area contributed by atoms with Crippen molar-refractivity contribution < 1.29 is 22.1 Å². The van der Waals surface area contributed by atoms with Gasteiger partial charge in [-0.05, 0) is 35.4 Å². The summed E-state index contributed by atoms with van der Waals surface area (Å²) in [5.41, 5.74) is 0.519. The van der Waals surface area contributed by atoms with E-state index in [4.69, 9.17) is 43.7 Å². The van der Waals surface area contributed by atoms with Gasteiger partial charge >= 0.3 is 0 Å². The lowest BCUT2D eigenvalue weighted by Crippen LogP contribution is -2.52. The van der Waals surface area contributed by atoms with E-state index >= 15 is 0 Å². The first-order valence-electron chi connectivity index (χ1n) is 9.54. The summed E-state index contributed by atoms with van der Waals surface area (Å²) in [4.78, 5) is 14.7. The Balaban J connectivity index is 1.84. The first-order valence-corrected chi connectivity index (χ1v) is 12.5. The van der Waals surface area contributed by atoms with Crippen molar-refractivity contribution in [2.45, 2.75) is 18.4 Å². The highest BCUT2D eigenvalue weighted by atomic mass is 35.5. The molecule has 1 amide bonds. The van der Waals surface area contributed by atoms with Gasteiger partial charge in [0.15, 0.2) is 0 Å². The lowest BCUT2D eigenvalue weighted by Gasteiger charge is -2.43. The van der Waals surface area contributed by atoms with E-state index in [0.717, 1.165) is 11.8 Å². The van der Waals surface area contributed by atoms with Gasteiger partial charge in [-0.2, -0.15) is 8.42 Å². The molecule has 0 radical (unpaired) electrons. The molecule has 1 saturated heterocycles. The molecule has 0 bridgehead atoms. The maximum Gasteiger partial charge on any atom is 0.264 e. The number of ether oxygens (including phenoxy) is 1. The SMILES string of the molecule is CS(=O)(=O)OCCC1(c2ccc(Cl)c(Cl)c2)CN(C(=O)Cc2cccc(Cl)c2)CCO1. The van der Waals surface area contributed by atoms with E-state index in [0.29, 0.717) is 27.2 Å². The highest BCUT2D eigenvalue weighted by Crippen LogP contribution is 2.37. The van der Waals surface area contributed by atoms with Crippen molar-refractivity contribution >= 4 is 50.8 Å². The third kappa shape index (κ3) is 6.57. The summed E-state index contributed by atoms with van der Waals surface area (Å²) in [5, 5.41) is 1.29. The van der Waals surface area contributed by atoms with E-state index in [1.165, 1.54) is 0 Å². The van der Waals surface area contributed by atoms with E-state index in [9.17, 15) is 13.2 Å². The van der Waals surface area contributed by atoms with Crippen LogP contribution in [-0.4, -0.2) is 51.8 Å². The molecule has 1 unspecified atom stereocenters. The van der Waals surface area contributed by atoms with Crippen molar-refractivity contribution in [2.75, 3.05) is 32.6 Å². The molecule has 0 N–H and O–H groups in total. The fourth-order valence-corrected chi connectivity index (χ4v) is 4.44. The maximum absolute atomic E-state index is 13.0. The Kier molecular flexibility index (Phi) is 7.89. The molecule has 1 fully saturated rings. The predicted octanol–water partition coefficient (Wildman–Crippen LogP) is 4.31. The normalized spacial score (nSPS) is 19.4. The van der Waals surface area contributed by atoms with Crippen LogP contribution < -0.4 is 0 Å². The number of carbonyl (C=O) groups excluding carboxylic acids is 1. The molecule has 0 spiro atoms. The molecule has 0 saturated carbocycles. The summed E-state index contributed by atoms with van der Waals surface area (Å²) in [6.07, 6.45) is 1.39. The van der Waals surface area contributed by atoms with Gasteiger partial charge < -0.3 is 9.64 Å². The minimum absolute atomic E-state index is 0.0842. The lowest BCUT2D eigenvalue weighted by molar-refractivity contribution is -0.154. The van der Waals surface area contributed by atoms with Gasteiger partial charge in [0.2, 0.25) is 5.91 Å². The van der Waals surface area contributed by atoms with Crippen molar-refractivity contribution in [3.05, 3.63) is 68.7 Å². The third-order valence-electron chi connectivity index (χ3n) is 5.03. The van der Waals surface area contributed by atoms with Gasteiger partial charge in [-0.1, -0.05) is 53.0 Å². The zero-order chi connectivity index (χ0) is 22.6. The van der Waals surface area contributed by atoms with Gasteiger partial charge in [-0.15, -0.1) is 0 Å². The topological polar surface area (TPSA) is 72.9 Å². The summed E-state index contributed by atoms with van der Waals surface area (Å²) < 4.78 is 33.9. The molecule has 3 rings (SSSR count). The third-order valence-corrected chi connectivity index (χ3v) is 6.60. The molecular weight excluding hydrogens is 485 g/mol. The summed E-state index contributed by atoms with van der Waals surface area (Å²) in [6.45, 7) is 0.808. The summed E-state index contributed by atoms with van der Waals surface area (Å²) in [6, 6.07) is 12.2. The van der Waals surface area contributed by atoms with Gasteiger partial charge in [0.1, 0.15) is 5.60 Å². The van der Waals surface area contributed by atoms with E-state index in [2.05, 4.69) is 0 Å². The maximum atomic E-state index is 13.0. The Labute approximate surface area is 197 Å². The van der Waals surface area contributed by atoms with Crippen molar-refractivity contribution in [1.29, 1.82) is 0 Å². The van der Waals surface area contributed by atoms with Crippen molar-refractivity contribution in [1.82, 2.24) is 4.90 Å². The molecule has 10 heteroatoms. The molecule has 1 atom stereocenters. The number of nitrogens with zero attached hydrogens (tertiary/aromatic N) is 1. The van der Waals surface area contributed by atoms with Crippen LogP contribution in [0, 0.1) is 0 Å². The first-order chi connectivity index (χ1) is 14.6. The summed E-state index contributed by atoms with van der Waals surface area (Å²) >= 11 is 18.3. The lowest BCUT2D eigenvalue weighted by atomic mass is 9.88. The zero-order valence-corrected chi connectivity index (χ0v) is 19.9. The van der Waals surface area contributed by atoms with Gasteiger partial charge in [0, 0.05) is 18.0 Å². The van der Waals surface area contributed by atoms with E-state index in [1.54, 1.807) is 41.3 Å². The molecule has 1 heterocycles. The number of carbonyl (C=O) groups is 1. The van der Waals surface area contributed by atoms with Gasteiger partial charge in [0.25, 0.3) is 10.1 Å². The van der Waals surface area contributed by atoms with Crippen molar-refractivity contribution in [3.63, 3.8) is 0 Å². The standard InChI is InChI=1S/C21H22Cl3NO5S/c1-31(27,28)30-9-7-21(16-5-6-18(23)19(24)13-16)14-25(8-10-29-21)20(26)12-15-3-2-4-17(22)11-15/h2-6,11,13H,7-10,12,14H2,1H3. The fourth-order valence-electron chi connectivity index (χ4n) is 3.54. The Morgan fingerprint density at radius 2 is 1.94 bits per heavy atom. The molecule has 0 aromatic heterocycles. The van der Waals surface area contributed by atoms with Crippen LogP contribution in [0.1, 0.15) is 17.5 Å². The van der Waals surface area contributed by atoms with E-state index in [-0.39, 0.29) is 38.5 Å². The second-order valence-corrected chi connectivity index (χ2v) is 10.3. The minimum Gasteiger partial charge on any atom is -0.366 e. The molecule has 0 aliphatic carbocycles. The zero-order valence-electron chi connectivity index (χ0n) is 16.8. The molecule has 168 valence electrons. The van der Waals surface area contributed by atoms with Crippen LogP contribution in [0.2, 0.25) is 15.1 Å². The van der Waals surface area contributed by atoms with Crippen molar-refractivity contribution in [2.24, 2.45) is 0 Å². The van der Waals surface area contributed by atoms with Gasteiger partial charge in [0.05, 0.1) is 42.5 Å². The number of halogens is 3. The summed E-state index contributed by atoms with van der Waals surface area (Å²) in [5.74, 6) is -0.0842. The second-order valence-electron chi connectivity index (χ2n) is 7.37. The van der Waals surface area contributed by atoms with Crippen LogP contribution in [0.4, 0.5) is 0 Å². The molecule has 6 nitrogen and oxygen atoms in total. The van der Waals surface area contributed by atoms with E-state index < -0.39 is 15.7 Å². The molecule has 2 aromatic carbocycles. The van der Waals surface area contributed by atoms with Crippen LogP contribution in [0.3, 0.4) is 0 Å². The Bertz CT molecular complexity index is 1060. The molecular formula is C21H22Cl3NO5S. The molecule has 1 aliphatic rings. The number of hydrogen-bond donors (Lipinski definition) is 0. The fraction of sp³-hybridized carbons (Fsp3) is 0.381. The van der Waals surface area contributed by atoms with E-state index in [1.807, 2.05) is 6.07 Å². The number of amides is 1. The highest BCUT2D eigenvalue weighted by molar-refractivity contribution is 7.85. The molecule has 31 heavy (non-hydrogen) atoms. The minimum atomic E-state index is -3.62. The van der Waals surface area contributed by atoms with Crippen LogP contribution in [0.25, 0.3) is 0 Å². The quantitative estimate of drug-likeness (QED) is 0.523.